The average Bonchev–Trinajstić information content (AvgIpc) is 2.45. The van der Waals surface area contributed by atoms with Crippen LogP contribution in [0.2, 0.25) is 0 Å². The molecule has 0 atom stereocenters. The summed E-state index contributed by atoms with van der Waals surface area (Å²) < 4.78 is 1.60. The Balaban J connectivity index is 3.31. The van der Waals surface area contributed by atoms with Crippen molar-refractivity contribution in [2.75, 3.05) is 0 Å². The van der Waals surface area contributed by atoms with Crippen LogP contribution in [0.5, 0.6) is 0 Å². The molecule has 0 saturated heterocycles. The minimum absolute atomic E-state index is 0.0220. The molecule has 1 N–H and O–H groups in total. The molecule has 0 spiro atoms. The fourth-order valence-electron chi connectivity index (χ4n) is 1.57. The van der Waals surface area contributed by atoms with E-state index in [0.29, 0.717) is 12.2 Å². The lowest BCUT2D eigenvalue weighted by Crippen LogP contribution is -2.22. The van der Waals surface area contributed by atoms with Gasteiger partial charge in [0.05, 0.1) is 12.2 Å². The standard InChI is InChI=1S/C11H17N3O2/c1-7(2)6-14-9(11(3,4)5)8(10(15)16)12-13-14/h1,6H2,2-5H3,(H,15,16). The third-order valence-corrected chi connectivity index (χ3v) is 2.07. The molecule has 5 heteroatoms. The first-order chi connectivity index (χ1) is 7.23. The van der Waals surface area contributed by atoms with Crippen molar-refractivity contribution in [2.24, 2.45) is 0 Å². The van der Waals surface area contributed by atoms with E-state index in [0.717, 1.165) is 5.57 Å². The Hall–Kier alpha value is -1.65. The smallest absolute Gasteiger partial charge is 0.358 e. The highest BCUT2D eigenvalue weighted by Crippen LogP contribution is 2.25. The Kier molecular flexibility index (Phi) is 3.16. The molecule has 1 heterocycles. The van der Waals surface area contributed by atoms with Gasteiger partial charge in [-0.15, -0.1) is 5.10 Å². The van der Waals surface area contributed by atoms with Crippen molar-refractivity contribution in [3.05, 3.63) is 23.5 Å². The lowest BCUT2D eigenvalue weighted by atomic mass is 9.90. The molecule has 0 saturated carbocycles. The number of carboxylic acids is 1. The van der Waals surface area contributed by atoms with Gasteiger partial charge in [-0.05, 0) is 6.92 Å². The topological polar surface area (TPSA) is 68.0 Å². The predicted molar refractivity (Wildman–Crippen MR) is 60.5 cm³/mol. The van der Waals surface area contributed by atoms with Gasteiger partial charge in [0.25, 0.3) is 0 Å². The molecule has 1 aromatic rings. The molecule has 0 radical (unpaired) electrons. The summed E-state index contributed by atoms with van der Waals surface area (Å²) in [7, 11) is 0. The van der Waals surface area contributed by atoms with Gasteiger partial charge < -0.3 is 5.11 Å². The van der Waals surface area contributed by atoms with Gasteiger partial charge >= 0.3 is 5.97 Å². The molecular formula is C11H17N3O2. The Morgan fingerprint density at radius 2 is 2.06 bits per heavy atom. The number of carboxylic acid groups (broad SMARTS) is 1. The molecule has 0 fully saturated rings. The molecule has 88 valence electrons. The van der Waals surface area contributed by atoms with Crippen molar-refractivity contribution in [1.29, 1.82) is 0 Å². The van der Waals surface area contributed by atoms with E-state index in [2.05, 4.69) is 16.9 Å². The number of rotatable bonds is 3. The van der Waals surface area contributed by atoms with Crippen LogP contribution in [0.15, 0.2) is 12.2 Å². The maximum Gasteiger partial charge on any atom is 0.358 e. The van der Waals surface area contributed by atoms with Gasteiger partial charge in [-0.3, -0.25) is 0 Å². The summed E-state index contributed by atoms with van der Waals surface area (Å²) in [5.74, 6) is -1.04. The second-order valence-electron chi connectivity index (χ2n) is 4.96. The van der Waals surface area contributed by atoms with E-state index >= 15 is 0 Å². The summed E-state index contributed by atoms with van der Waals surface area (Å²) in [5.41, 5.74) is 1.25. The van der Waals surface area contributed by atoms with E-state index < -0.39 is 5.97 Å². The van der Waals surface area contributed by atoms with Crippen LogP contribution in [0.1, 0.15) is 43.9 Å². The molecule has 5 nitrogen and oxygen atoms in total. The van der Waals surface area contributed by atoms with Crippen molar-refractivity contribution < 1.29 is 9.90 Å². The first-order valence-electron chi connectivity index (χ1n) is 5.05. The normalized spacial score (nSPS) is 11.5. The molecule has 0 aliphatic rings. The highest BCUT2D eigenvalue weighted by Gasteiger charge is 2.28. The lowest BCUT2D eigenvalue weighted by Gasteiger charge is -2.20. The SMILES string of the molecule is C=C(C)Cn1nnc(C(=O)O)c1C(C)(C)C. The summed E-state index contributed by atoms with van der Waals surface area (Å²) in [6, 6.07) is 0. The second kappa shape index (κ2) is 4.08. The van der Waals surface area contributed by atoms with Gasteiger partial charge in [0.1, 0.15) is 0 Å². The maximum absolute atomic E-state index is 11.0. The number of nitrogens with zero attached hydrogens (tertiary/aromatic N) is 3. The number of hydrogen-bond acceptors (Lipinski definition) is 3. The molecule has 16 heavy (non-hydrogen) atoms. The van der Waals surface area contributed by atoms with Crippen LogP contribution in [0.3, 0.4) is 0 Å². The lowest BCUT2D eigenvalue weighted by molar-refractivity contribution is 0.0687. The largest absolute Gasteiger partial charge is 0.476 e. The third-order valence-electron chi connectivity index (χ3n) is 2.07. The number of aromatic nitrogens is 3. The third kappa shape index (κ3) is 2.48. The van der Waals surface area contributed by atoms with Gasteiger partial charge in [0.15, 0.2) is 5.69 Å². The monoisotopic (exact) mass is 223 g/mol. The summed E-state index contributed by atoms with van der Waals surface area (Å²) in [4.78, 5) is 11.0. The van der Waals surface area contributed by atoms with Crippen LogP contribution in [0.25, 0.3) is 0 Å². The molecule has 0 bridgehead atoms. The minimum atomic E-state index is -1.04. The maximum atomic E-state index is 11.0. The van der Waals surface area contributed by atoms with Crippen LogP contribution in [0.4, 0.5) is 0 Å². The van der Waals surface area contributed by atoms with Gasteiger partial charge in [0.2, 0.25) is 0 Å². The van der Waals surface area contributed by atoms with Crippen LogP contribution in [-0.4, -0.2) is 26.1 Å². The first kappa shape index (κ1) is 12.4. The van der Waals surface area contributed by atoms with Crippen molar-refractivity contribution in [3.8, 4) is 0 Å². The van der Waals surface area contributed by atoms with Crippen LogP contribution in [-0.2, 0) is 12.0 Å². The second-order valence-corrected chi connectivity index (χ2v) is 4.96. The van der Waals surface area contributed by atoms with Gasteiger partial charge in [-0.25, -0.2) is 9.48 Å². The van der Waals surface area contributed by atoms with E-state index in [1.807, 2.05) is 27.7 Å². The number of carbonyl (C=O) groups is 1. The van der Waals surface area contributed by atoms with Crippen molar-refractivity contribution in [3.63, 3.8) is 0 Å². The van der Waals surface area contributed by atoms with Crippen molar-refractivity contribution >= 4 is 5.97 Å². The summed E-state index contributed by atoms with van der Waals surface area (Å²) in [6.45, 7) is 12.0. The molecule has 0 amide bonds. The van der Waals surface area contributed by atoms with Crippen LogP contribution >= 0.6 is 0 Å². The van der Waals surface area contributed by atoms with Gasteiger partial charge in [-0.2, -0.15) is 0 Å². The molecule has 0 aromatic carbocycles. The highest BCUT2D eigenvalue weighted by atomic mass is 16.4. The fraction of sp³-hybridized carbons (Fsp3) is 0.545. The van der Waals surface area contributed by atoms with Crippen molar-refractivity contribution in [1.82, 2.24) is 15.0 Å². The molecule has 1 rings (SSSR count). The summed E-state index contributed by atoms with van der Waals surface area (Å²) in [6.07, 6.45) is 0. The molecular weight excluding hydrogens is 206 g/mol. The van der Waals surface area contributed by atoms with E-state index in [4.69, 9.17) is 5.11 Å². The zero-order valence-electron chi connectivity index (χ0n) is 10.1. The average molecular weight is 223 g/mol. The predicted octanol–water partition coefficient (Wildman–Crippen LogP) is 1.85. The Bertz CT molecular complexity index is 427. The number of allylic oxidation sites excluding steroid dienone is 1. The Morgan fingerprint density at radius 1 is 1.50 bits per heavy atom. The Morgan fingerprint density at radius 3 is 2.44 bits per heavy atom. The first-order valence-corrected chi connectivity index (χ1v) is 5.05. The minimum Gasteiger partial charge on any atom is -0.476 e. The fourth-order valence-corrected chi connectivity index (χ4v) is 1.57. The molecule has 1 aromatic heterocycles. The zero-order chi connectivity index (χ0) is 12.5. The summed E-state index contributed by atoms with van der Waals surface area (Å²) >= 11 is 0. The Labute approximate surface area is 94.8 Å². The summed E-state index contributed by atoms with van der Waals surface area (Å²) in [5, 5.41) is 16.6. The number of aromatic carboxylic acids is 1. The van der Waals surface area contributed by atoms with E-state index in [1.54, 1.807) is 4.68 Å². The van der Waals surface area contributed by atoms with E-state index in [-0.39, 0.29) is 11.1 Å². The van der Waals surface area contributed by atoms with Crippen LogP contribution in [0, 0.1) is 0 Å². The van der Waals surface area contributed by atoms with E-state index in [1.165, 1.54) is 0 Å². The van der Waals surface area contributed by atoms with Crippen molar-refractivity contribution in [2.45, 2.75) is 39.7 Å². The van der Waals surface area contributed by atoms with Gasteiger partial charge in [0, 0.05) is 5.41 Å². The molecule has 0 aliphatic heterocycles. The van der Waals surface area contributed by atoms with Crippen LogP contribution < -0.4 is 0 Å². The quantitative estimate of drug-likeness (QED) is 0.794. The zero-order valence-corrected chi connectivity index (χ0v) is 10.1. The molecule has 0 unspecified atom stereocenters. The highest BCUT2D eigenvalue weighted by molar-refractivity contribution is 5.86. The number of hydrogen-bond donors (Lipinski definition) is 1. The molecule has 0 aliphatic carbocycles. The van der Waals surface area contributed by atoms with Gasteiger partial charge in [-0.1, -0.05) is 38.1 Å². The van der Waals surface area contributed by atoms with E-state index in [9.17, 15) is 4.79 Å².